The van der Waals surface area contributed by atoms with E-state index in [4.69, 9.17) is 11.6 Å². The number of rotatable bonds is 3. The Hall–Kier alpha value is -0.620. The largest absolute Gasteiger partial charge is 0.298 e. The Bertz CT molecular complexity index is 520. The van der Waals surface area contributed by atoms with Gasteiger partial charge < -0.3 is 0 Å². The van der Waals surface area contributed by atoms with Crippen molar-refractivity contribution in [1.82, 2.24) is 9.21 Å². The highest BCUT2D eigenvalue weighted by Crippen LogP contribution is 2.20. The molecular weight excluding hydrogens is 284 g/mol. The van der Waals surface area contributed by atoms with Crippen molar-refractivity contribution < 1.29 is 8.42 Å². The molecular formula is C13H19ClN2O2S. The quantitative estimate of drug-likeness (QED) is 0.858. The first kappa shape index (κ1) is 14.8. The zero-order valence-electron chi connectivity index (χ0n) is 11.2. The maximum atomic E-state index is 12.4. The van der Waals surface area contributed by atoms with E-state index in [0.29, 0.717) is 29.0 Å². The van der Waals surface area contributed by atoms with Gasteiger partial charge in [-0.15, -0.1) is 0 Å². The standard InChI is InChI=1S/C13H19ClN2O2S/c1-11(2)15-7-9-16(10-8-15)19(17,18)13-5-3-12(14)4-6-13/h3-6,11H,7-10H2,1-2H3. The fraction of sp³-hybridized carbons (Fsp3) is 0.538. The number of halogens is 1. The number of piperazine rings is 1. The molecule has 1 fully saturated rings. The molecule has 0 amide bonds. The first-order chi connectivity index (χ1) is 8.91. The second kappa shape index (κ2) is 5.79. The fourth-order valence-corrected chi connectivity index (χ4v) is 3.76. The van der Waals surface area contributed by atoms with Crippen LogP contribution in [0.25, 0.3) is 0 Å². The average Bonchev–Trinajstić information content (AvgIpc) is 2.39. The molecule has 4 nitrogen and oxygen atoms in total. The zero-order valence-corrected chi connectivity index (χ0v) is 12.8. The van der Waals surface area contributed by atoms with Gasteiger partial charge in [0.2, 0.25) is 10.0 Å². The summed E-state index contributed by atoms with van der Waals surface area (Å²) in [6.07, 6.45) is 0. The molecule has 1 heterocycles. The molecule has 0 atom stereocenters. The third-order valence-electron chi connectivity index (χ3n) is 3.45. The lowest BCUT2D eigenvalue weighted by Gasteiger charge is -2.36. The SMILES string of the molecule is CC(C)N1CCN(S(=O)(=O)c2ccc(Cl)cc2)CC1. The van der Waals surface area contributed by atoms with Crippen LogP contribution in [0, 0.1) is 0 Å². The normalized spacial score (nSPS) is 18.9. The summed E-state index contributed by atoms with van der Waals surface area (Å²) in [4.78, 5) is 2.60. The highest BCUT2D eigenvalue weighted by molar-refractivity contribution is 7.89. The van der Waals surface area contributed by atoms with E-state index in [0.717, 1.165) is 13.1 Å². The highest BCUT2D eigenvalue weighted by Gasteiger charge is 2.28. The molecule has 0 N–H and O–H groups in total. The maximum absolute atomic E-state index is 12.4. The van der Waals surface area contributed by atoms with Crippen LogP contribution in [-0.4, -0.2) is 49.8 Å². The lowest BCUT2D eigenvalue weighted by molar-refractivity contribution is 0.154. The second-order valence-electron chi connectivity index (χ2n) is 4.99. The molecule has 0 saturated carbocycles. The van der Waals surface area contributed by atoms with Crippen molar-refractivity contribution in [3.63, 3.8) is 0 Å². The summed E-state index contributed by atoms with van der Waals surface area (Å²) in [5.74, 6) is 0. The lowest BCUT2D eigenvalue weighted by Crippen LogP contribution is -2.50. The third kappa shape index (κ3) is 3.28. The van der Waals surface area contributed by atoms with E-state index in [9.17, 15) is 8.42 Å². The van der Waals surface area contributed by atoms with Gasteiger partial charge in [-0.25, -0.2) is 8.42 Å². The Morgan fingerprint density at radius 3 is 2.05 bits per heavy atom. The van der Waals surface area contributed by atoms with Crippen LogP contribution in [0.1, 0.15) is 13.8 Å². The van der Waals surface area contributed by atoms with Gasteiger partial charge in [0, 0.05) is 37.2 Å². The van der Waals surface area contributed by atoms with Gasteiger partial charge in [-0.3, -0.25) is 4.90 Å². The Labute approximate surface area is 120 Å². The molecule has 0 unspecified atom stereocenters. The molecule has 0 aromatic heterocycles. The van der Waals surface area contributed by atoms with E-state index in [-0.39, 0.29) is 0 Å². The summed E-state index contributed by atoms with van der Waals surface area (Å²) in [6.45, 7) is 6.91. The third-order valence-corrected chi connectivity index (χ3v) is 5.62. The second-order valence-corrected chi connectivity index (χ2v) is 7.36. The number of benzene rings is 1. The molecule has 106 valence electrons. The monoisotopic (exact) mass is 302 g/mol. The molecule has 0 radical (unpaired) electrons. The van der Waals surface area contributed by atoms with Crippen LogP contribution in [0.4, 0.5) is 0 Å². The zero-order chi connectivity index (χ0) is 14.0. The van der Waals surface area contributed by atoms with E-state index >= 15 is 0 Å². The molecule has 1 aromatic carbocycles. The molecule has 0 aliphatic carbocycles. The van der Waals surface area contributed by atoms with E-state index in [1.165, 1.54) is 0 Å². The number of nitrogens with zero attached hydrogens (tertiary/aromatic N) is 2. The van der Waals surface area contributed by atoms with Crippen molar-refractivity contribution in [2.24, 2.45) is 0 Å². The van der Waals surface area contributed by atoms with Crippen molar-refractivity contribution in [3.8, 4) is 0 Å². The van der Waals surface area contributed by atoms with E-state index in [1.54, 1.807) is 28.6 Å². The van der Waals surface area contributed by atoms with E-state index < -0.39 is 10.0 Å². The van der Waals surface area contributed by atoms with Crippen LogP contribution in [-0.2, 0) is 10.0 Å². The van der Waals surface area contributed by atoms with Crippen molar-refractivity contribution in [3.05, 3.63) is 29.3 Å². The number of hydrogen-bond acceptors (Lipinski definition) is 3. The molecule has 0 bridgehead atoms. The average molecular weight is 303 g/mol. The lowest BCUT2D eigenvalue weighted by atomic mass is 10.3. The molecule has 0 spiro atoms. The van der Waals surface area contributed by atoms with Gasteiger partial charge in [-0.2, -0.15) is 4.31 Å². The van der Waals surface area contributed by atoms with E-state index in [2.05, 4.69) is 18.7 Å². The van der Waals surface area contributed by atoms with Gasteiger partial charge in [-0.05, 0) is 38.1 Å². The van der Waals surface area contributed by atoms with Crippen LogP contribution in [0.2, 0.25) is 5.02 Å². The summed E-state index contributed by atoms with van der Waals surface area (Å²) in [6, 6.07) is 6.80. The van der Waals surface area contributed by atoms with Crippen molar-refractivity contribution >= 4 is 21.6 Å². The topological polar surface area (TPSA) is 40.6 Å². The van der Waals surface area contributed by atoms with Crippen molar-refractivity contribution in [2.45, 2.75) is 24.8 Å². The minimum atomic E-state index is -3.38. The van der Waals surface area contributed by atoms with Gasteiger partial charge in [0.1, 0.15) is 0 Å². The van der Waals surface area contributed by atoms with Gasteiger partial charge in [0.15, 0.2) is 0 Å². The molecule has 19 heavy (non-hydrogen) atoms. The van der Waals surface area contributed by atoms with Crippen molar-refractivity contribution in [1.29, 1.82) is 0 Å². The first-order valence-corrected chi connectivity index (χ1v) is 8.23. The van der Waals surface area contributed by atoms with Crippen molar-refractivity contribution in [2.75, 3.05) is 26.2 Å². The summed E-state index contributed by atoms with van der Waals surface area (Å²) in [5, 5.41) is 0.545. The summed E-state index contributed by atoms with van der Waals surface area (Å²) >= 11 is 5.79. The van der Waals surface area contributed by atoms with Gasteiger partial charge in [-0.1, -0.05) is 11.6 Å². The predicted molar refractivity (Wildman–Crippen MR) is 76.9 cm³/mol. The van der Waals surface area contributed by atoms with Crippen LogP contribution >= 0.6 is 11.6 Å². The van der Waals surface area contributed by atoms with E-state index in [1.807, 2.05) is 0 Å². The number of hydrogen-bond donors (Lipinski definition) is 0. The molecule has 2 rings (SSSR count). The van der Waals surface area contributed by atoms with Crippen LogP contribution < -0.4 is 0 Å². The van der Waals surface area contributed by atoms with Gasteiger partial charge >= 0.3 is 0 Å². The minimum Gasteiger partial charge on any atom is -0.298 e. The first-order valence-electron chi connectivity index (χ1n) is 6.41. The molecule has 1 aromatic rings. The molecule has 6 heteroatoms. The highest BCUT2D eigenvalue weighted by atomic mass is 35.5. The predicted octanol–water partition coefficient (Wildman–Crippen LogP) is 2.05. The fourth-order valence-electron chi connectivity index (χ4n) is 2.22. The van der Waals surface area contributed by atoms with Crippen LogP contribution in [0.3, 0.4) is 0 Å². The molecule has 1 saturated heterocycles. The summed E-state index contributed by atoms with van der Waals surface area (Å²) in [5.41, 5.74) is 0. The smallest absolute Gasteiger partial charge is 0.243 e. The minimum absolute atomic E-state index is 0.315. The Morgan fingerprint density at radius 1 is 1.05 bits per heavy atom. The maximum Gasteiger partial charge on any atom is 0.243 e. The van der Waals surface area contributed by atoms with Gasteiger partial charge in [0.05, 0.1) is 4.90 Å². The number of sulfonamides is 1. The Balaban J connectivity index is 2.12. The molecule has 1 aliphatic rings. The molecule has 1 aliphatic heterocycles. The Morgan fingerprint density at radius 2 is 1.58 bits per heavy atom. The Kier molecular flexibility index (Phi) is 4.50. The van der Waals surface area contributed by atoms with Gasteiger partial charge in [0.25, 0.3) is 0 Å². The van der Waals surface area contributed by atoms with Crippen LogP contribution in [0.5, 0.6) is 0 Å². The summed E-state index contributed by atoms with van der Waals surface area (Å²) < 4.78 is 26.4. The van der Waals surface area contributed by atoms with Crippen LogP contribution in [0.15, 0.2) is 29.2 Å². The summed E-state index contributed by atoms with van der Waals surface area (Å²) in [7, 11) is -3.38.